The maximum atomic E-state index is 6.06. The Labute approximate surface area is 168 Å². The molecule has 6 heteroatoms. The Hall–Kier alpha value is -1.66. The van der Waals surface area contributed by atoms with Crippen molar-refractivity contribution in [2.24, 2.45) is 11.7 Å². The minimum absolute atomic E-state index is 0. The van der Waals surface area contributed by atoms with Crippen molar-refractivity contribution in [1.82, 2.24) is 9.88 Å². The number of likely N-dealkylation sites (N-methyl/N-ethyl adjacent to an activating group) is 1. The summed E-state index contributed by atoms with van der Waals surface area (Å²) in [5.41, 5.74) is 8.71. The van der Waals surface area contributed by atoms with Crippen molar-refractivity contribution in [3.8, 4) is 0 Å². The Morgan fingerprint density at radius 1 is 1.19 bits per heavy atom. The van der Waals surface area contributed by atoms with Gasteiger partial charge in [-0.15, -0.1) is 12.4 Å². The van der Waals surface area contributed by atoms with Gasteiger partial charge in [0.2, 0.25) is 0 Å². The Kier molecular flexibility index (Phi) is 8.51. The number of aromatic nitrogens is 1. The van der Waals surface area contributed by atoms with Crippen molar-refractivity contribution in [3.05, 3.63) is 59.8 Å². The molecule has 0 amide bonds. The van der Waals surface area contributed by atoms with Gasteiger partial charge >= 0.3 is 0 Å². The number of hydrogen-bond donors (Lipinski definition) is 1. The number of benzene rings is 1. The van der Waals surface area contributed by atoms with Crippen LogP contribution in [-0.2, 0) is 11.3 Å². The quantitative estimate of drug-likeness (QED) is 0.751. The van der Waals surface area contributed by atoms with Gasteiger partial charge in [0.15, 0.2) is 0 Å². The van der Waals surface area contributed by atoms with Crippen LogP contribution in [0.1, 0.15) is 17.0 Å². The second kappa shape index (κ2) is 10.6. The molecule has 27 heavy (non-hydrogen) atoms. The topological polar surface area (TPSA) is 54.6 Å². The number of nitrogens with zero attached hydrogens (tertiary/aromatic N) is 3. The largest absolute Gasteiger partial charge is 0.383 e. The van der Waals surface area contributed by atoms with E-state index in [1.165, 1.54) is 11.1 Å². The van der Waals surface area contributed by atoms with Gasteiger partial charge in [0, 0.05) is 52.5 Å². The lowest BCUT2D eigenvalue weighted by Gasteiger charge is -2.19. The first-order valence-electron chi connectivity index (χ1n) is 9.33. The molecule has 2 aromatic rings. The molecule has 0 aliphatic carbocycles. The van der Waals surface area contributed by atoms with Crippen molar-refractivity contribution < 1.29 is 4.74 Å². The zero-order valence-corrected chi connectivity index (χ0v) is 17.1. The van der Waals surface area contributed by atoms with E-state index in [1.807, 2.05) is 13.2 Å². The number of nitrogens with two attached hydrogens (primary N) is 1. The molecule has 0 radical (unpaired) electrons. The van der Waals surface area contributed by atoms with Gasteiger partial charge in [-0.2, -0.15) is 0 Å². The van der Waals surface area contributed by atoms with E-state index >= 15 is 0 Å². The van der Waals surface area contributed by atoms with E-state index in [2.05, 4.69) is 57.2 Å². The molecule has 2 atom stereocenters. The third-order valence-electron chi connectivity index (χ3n) is 5.28. The van der Waals surface area contributed by atoms with Crippen molar-refractivity contribution >= 4 is 18.2 Å². The van der Waals surface area contributed by atoms with Crippen LogP contribution >= 0.6 is 12.4 Å². The summed E-state index contributed by atoms with van der Waals surface area (Å²) in [5, 5.41) is 0. The molecule has 1 fully saturated rings. The number of ether oxygens (including phenoxy) is 1. The lowest BCUT2D eigenvalue weighted by Crippen LogP contribution is -2.24. The molecule has 0 unspecified atom stereocenters. The SMILES string of the molecule is COCCN(C)c1ccc(CN2C[C@@H](CN)[C@H](c3ccccc3)C2)cn1.Cl. The highest BCUT2D eigenvalue weighted by atomic mass is 35.5. The van der Waals surface area contributed by atoms with Gasteiger partial charge in [0.05, 0.1) is 6.61 Å². The summed E-state index contributed by atoms with van der Waals surface area (Å²) in [7, 11) is 3.76. The normalized spacial score (nSPS) is 19.7. The van der Waals surface area contributed by atoms with Crippen LogP contribution in [0.15, 0.2) is 48.7 Å². The summed E-state index contributed by atoms with van der Waals surface area (Å²) in [4.78, 5) is 9.22. The van der Waals surface area contributed by atoms with Crippen LogP contribution in [0.4, 0.5) is 5.82 Å². The Bertz CT molecular complexity index is 668. The number of methoxy groups -OCH3 is 1. The minimum Gasteiger partial charge on any atom is -0.383 e. The second-order valence-electron chi connectivity index (χ2n) is 7.15. The molecule has 1 aliphatic rings. The molecule has 2 N–H and O–H groups in total. The van der Waals surface area contributed by atoms with Crippen LogP contribution in [-0.4, -0.2) is 56.8 Å². The summed E-state index contributed by atoms with van der Waals surface area (Å²) in [6.45, 7) is 5.31. The fourth-order valence-corrected chi connectivity index (χ4v) is 3.74. The molecule has 1 aromatic heterocycles. The molecule has 2 heterocycles. The van der Waals surface area contributed by atoms with E-state index in [0.717, 1.165) is 38.5 Å². The summed E-state index contributed by atoms with van der Waals surface area (Å²) >= 11 is 0. The van der Waals surface area contributed by atoms with Crippen LogP contribution in [0.25, 0.3) is 0 Å². The van der Waals surface area contributed by atoms with E-state index in [-0.39, 0.29) is 12.4 Å². The van der Waals surface area contributed by atoms with Gasteiger partial charge in [-0.3, -0.25) is 4.90 Å². The highest BCUT2D eigenvalue weighted by Crippen LogP contribution is 2.32. The van der Waals surface area contributed by atoms with E-state index in [0.29, 0.717) is 18.4 Å². The highest BCUT2D eigenvalue weighted by Gasteiger charge is 2.32. The van der Waals surface area contributed by atoms with E-state index < -0.39 is 0 Å². The van der Waals surface area contributed by atoms with Crippen LogP contribution in [0.5, 0.6) is 0 Å². The Morgan fingerprint density at radius 2 is 1.96 bits per heavy atom. The zero-order valence-electron chi connectivity index (χ0n) is 16.3. The number of anilines is 1. The van der Waals surface area contributed by atoms with Crippen molar-refractivity contribution in [2.45, 2.75) is 12.5 Å². The van der Waals surface area contributed by atoms with Gasteiger partial charge in [0.1, 0.15) is 5.82 Å². The summed E-state index contributed by atoms with van der Waals surface area (Å²) in [6.07, 6.45) is 1.99. The van der Waals surface area contributed by atoms with Crippen LogP contribution in [0.2, 0.25) is 0 Å². The second-order valence-corrected chi connectivity index (χ2v) is 7.15. The predicted octanol–water partition coefficient (Wildman–Crippen LogP) is 2.76. The molecule has 0 bridgehead atoms. The first-order chi connectivity index (χ1) is 12.7. The van der Waals surface area contributed by atoms with Gasteiger partial charge in [-0.05, 0) is 29.7 Å². The average Bonchev–Trinajstić information content (AvgIpc) is 3.10. The molecular formula is C21H31ClN4O. The number of pyridine rings is 1. The molecule has 1 aliphatic heterocycles. The fourth-order valence-electron chi connectivity index (χ4n) is 3.74. The smallest absolute Gasteiger partial charge is 0.128 e. The van der Waals surface area contributed by atoms with Gasteiger partial charge in [-0.1, -0.05) is 36.4 Å². The van der Waals surface area contributed by atoms with E-state index in [1.54, 1.807) is 7.11 Å². The minimum atomic E-state index is 0. The average molecular weight is 391 g/mol. The monoisotopic (exact) mass is 390 g/mol. The van der Waals surface area contributed by atoms with Gasteiger partial charge < -0.3 is 15.4 Å². The molecular weight excluding hydrogens is 360 g/mol. The molecule has 1 saturated heterocycles. The Balaban J connectivity index is 0.00000261. The molecule has 5 nitrogen and oxygen atoms in total. The van der Waals surface area contributed by atoms with E-state index in [9.17, 15) is 0 Å². The van der Waals surface area contributed by atoms with Gasteiger partial charge in [0.25, 0.3) is 0 Å². The van der Waals surface area contributed by atoms with Crippen LogP contribution in [0, 0.1) is 5.92 Å². The first kappa shape index (κ1) is 21.6. The summed E-state index contributed by atoms with van der Waals surface area (Å²) in [5.74, 6) is 2.02. The number of likely N-dealkylation sites (tertiary alicyclic amines) is 1. The maximum absolute atomic E-state index is 6.06. The van der Waals surface area contributed by atoms with Crippen LogP contribution < -0.4 is 10.6 Å². The summed E-state index contributed by atoms with van der Waals surface area (Å²) in [6, 6.07) is 15.0. The highest BCUT2D eigenvalue weighted by molar-refractivity contribution is 5.85. The van der Waals surface area contributed by atoms with Crippen LogP contribution in [0.3, 0.4) is 0 Å². The first-order valence-corrected chi connectivity index (χ1v) is 9.33. The molecule has 148 valence electrons. The number of hydrogen-bond acceptors (Lipinski definition) is 5. The lowest BCUT2D eigenvalue weighted by molar-refractivity contribution is 0.206. The molecule has 0 spiro atoms. The van der Waals surface area contributed by atoms with Crippen molar-refractivity contribution in [1.29, 1.82) is 0 Å². The van der Waals surface area contributed by atoms with Crippen molar-refractivity contribution in [3.63, 3.8) is 0 Å². The standard InChI is InChI=1S/C21H30N4O.ClH/c1-24(10-11-26-2)21-9-8-17(13-23-21)14-25-15-19(12-22)20(16-25)18-6-4-3-5-7-18;/h3-9,13,19-20H,10-12,14-16,22H2,1-2H3;1H/t19-,20+;/m1./s1. The van der Waals surface area contributed by atoms with Crippen molar-refractivity contribution in [2.75, 3.05) is 51.8 Å². The molecule has 1 aromatic carbocycles. The number of halogens is 1. The fraction of sp³-hybridized carbons (Fsp3) is 0.476. The Morgan fingerprint density at radius 3 is 2.59 bits per heavy atom. The third-order valence-corrected chi connectivity index (χ3v) is 5.28. The third kappa shape index (κ3) is 5.66. The zero-order chi connectivity index (χ0) is 18.4. The molecule has 0 saturated carbocycles. The van der Waals surface area contributed by atoms with E-state index in [4.69, 9.17) is 10.5 Å². The van der Waals surface area contributed by atoms with Gasteiger partial charge in [-0.25, -0.2) is 4.98 Å². The predicted molar refractivity (Wildman–Crippen MR) is 114 cm³/mol. The lowest BCUT2D eigenvalue weighted by atomic mass is 9.89. The maximum Gasteiger partial charge on any atom is 0.128 e. The number of rotatable bonds is 8. The summed E-state index contributed by atoms with van der Waals surface area (Å²) < 4.78 is 5.13. The molecule has 3 rings (SSSR count).